The molecule has 0 fully saturated rings. The van der Waals surface area contributed by atoms with Crippen LogP contribution in [0.5, 0.6) is 0 Å². The van der Waals surface area contributed by atoms with Crippen molar-refractivity contribution < 1.29 is 5.11 Å². The van der Waals surface area contributed by atoms with Gasteiger partial charge in [0.15, 0.2) is 0 Å². The molecule has 3 heteroatoms. The molecule has 0 spiro atoms. The average molecular weight is 188 g/mol. The van der Waals surface area contributed by atoms with Gasteiger partial charge in [0.1, 0.15) is 0 Å². The van der Waals surface area contributed by atoms with Gasteiger partial charge in [-0.15, -0.1) is 0 Å². The number of aromatic nitrogens is 2. The summed E-state index contributed by atoms with van der Waals surface area (Å²) in [7, 11) is 0. The predicted molar refractivity (Wildman–Crippen MR) is 56.8 cm³/mol. The number of nitrogens with zero attached hydrogens (tertiary/aromatic N) is 1. The van der Waals surface area contributed by atoms with E-state index >= 15 is 0 Å². The number of H-pyrrole nitrogens is 1. The Balaban J connectivity index is 2.36. The summed E-state index contributed by atoms with van der Waals surface area (Å²) in [5.74, 6) is 0. The highest BCUT2D eigenvalue weighted by Gasteiger charge is 1.97. The van der Waals surface area contributed by atoms with Crippen molar-refractivity contribution in [3.8, 4) is 0 Å². The summed E-state index contributed by atoms with van der Waals surface area (Å²) >= 11 is 0. The number of nitrogens with one attached hydrogen (secondary N) is 1. The molecule has 0 aliphatic heterocycles. The molecule has 14 heavy (non-hydrogen) atoms. The van der Waals surface area contributed by atoms with Gasteiger partial charge in [0.2, 0.25) is 0 Å². The van der Waals surface area contributed by atoms with Crippen LogP contribution in [0.25, 0.3) is 17.0 Å². The molecule has 3 nitrogen and oxygen atoms in total. The Hall–Kier alpha value is -1.61. The smallest absolute Gasteiger partial charge is 0.0722 e. The Bertz CT molecular complexity index is 445. The standard InChI is InChI=1S/C11H12N2O/c14-7-2-1-4-9-5-3-6-10-8-12-13-11(9)10/h1,3-6,8,14H,2,7H2,(H,12,13). The van der Waals surface area contributed by atoms with Crippen molar-refractivity contribution in [1.29, 1.82) is 0 Å². The van der Waals surface area contributed by atoms with Gasteiger partial charge in [0.05, 0.1) is 11.7 Å². The summed E-state index contributed by atoms with van der Waals surface area (Å²) < 4.78 is 0. The van der Waals surface area contributed by atoms with Crippen molar-refractivity contribution in [1.82, 2.24) is 10.2 Å². The second-order valence-corrected chi connectivity index (χ2v) is 3.10. The molecule has 1 heterocycles. The normalized spacial score (nSPS) is 11.5. The van der Waals surface area contributed by atoms with Gasteiger partial charge < -0.3 is 5.11 Å². The first-order chi connectivity index (χ1) is 6.92. The minimum atomic E-state index is 0.190. The van der Waals surface area contributed by atoms with Gasteiger partial charge >= 0.3 is 0 Å². The van der Waals surface area contributed by atoms with Gasteiger partial charge in [-0.1, -0.05) is 30.4 Å². The average Bonchev–Trinajstić information content (AvgIpc) is 2.67. The predicted octanol–water partition coefficient (Wildman–Crippen LogP) is 1.96. The van der Waals surface area contributed by atoms with Crippen LogP contribution in [0.15, 0.2) is 30.5 Å². The highest BCUT2D eigenvalue weighted by atomic mass is 16.2. The molecule has 1 aromatic heterocycles. The van der Waals surface area contributed by atoms with Crippen molar-refractivity contribution in [2.45, 2.75) is 6.42 Å². The van der Waals surface area contributed by atoms with Crippen LogP contribution in [-0.4, -0.2) is 21.9 Å². The zero-order chi connectivity index (χ0) is 9.80. The Labute approximate surface area is 82.1 Å². The van der Waals surface area contributed by atoms with Crippen molar-refractivity contribution in [3.63, 3.8) is 0 Å². The number of rotatable bonds is 3. The van der Waals surface area contributed by atoms with Crippen LogP contribution >= 0.6 is 0 Å². The van der Waals surface area contributed by atoms with E-state index in [1.165, 1.54) is 0 Å². The van der Waals surface area contributed by atoms with Crippen LogP contribution < -0.4 is 0 Å². The molecule has 0 saturated heterocycles. The molecule has 0 radical (unpaired) electrons. The summed E-state index contributed by atoms with van der Waals surface area (Å²) in [6.45, 7) is 0.190. The second kappa shape index (κ2) is 4.07. The largest absolute Gasteiger partial charge is 0.396 e. The van der Waals surface area contributed by atoms with Gasteiger partial charge in [-0.2, -0.15) is 5.10 Å². The summed E-state index contributed by atoms with van der Waals surface area (Å²) in [5, 5.41) is 16.7. The minimum absolute atomic E-state index is 0.190. The molecule has 0 atom stereocenters. The molecule has 0 saturated carbocycles. The summed E-state index contributed by atoms with van der Waals surface area (Å²) in [5.41, 5.74) is 2.15. The highest BCUT2D eigenvalue weighted by Crippen LogP contribution is 2.16. The number of aliphatic hydroxyl groups is 1. The van der Waals surface area contributed by atoms with Crippen molar-refractivity contribution >= 4 is 17.0 Å². The maximum absolute atomic E-state index is 8.65. The van der Waals surface area contributed by atoms with Gasteiger partial charge in [-0.25, -0.2) is 0 Å². The molecule has 0 unspecified atom stereocenters. The zero-order valence-corrected chi connectivity index (χ0v) is 7.77. The van der Waals surface area contributed by atoms with Gasteiger partial charge in [-0.3, -0.25) is 5.10 Å². The number of aliphatic hydroxyl groups excluding tert-OH is 1. The number of benzene rings is 1. The first-order valence-electron chi connectivity index (χ1n) is 4.61. The molecule has 0 aliphatic carbocycles. The molecule has 2 N–H and O–H groups in total. The van der Waals surface area contributed by atoms with E-state index in [9.17, 15) is 0 Å². The van der Waals surface area contributed by atoms with E-state index in [-0.39, 0.29) is 6.61 Å². The molecule has 2 rings (SSSR count). The van der Waals surface area contributed by atoms with Crippen LogP contribution in [0.1, 0.15) is 12.0 Å². The van der Waals surface area contributed by atoms with E-state index in [2.05, 4.69) is 10.2 Å². The van der Waals surface area contributed by atoms with Gasteiger partial charge in [0, 0.05) is 12.0 Å². The fraction of sp³-hybridized carbons (Fsp3) is 0.182. The third-order valence-corrected chi connectivity index (χ3v) is 2.10. The van der Waals surface area contributed by atoms with Crippen LogP contribution in [0.2, 0.25) is 0 Å². The topological polar surface area (TPSA) is 48.9 Å². The fourth-order valence-corrected chi connectivity index (χ4v) is 1.42. The first kappa shape index (κ1) is 8.97. The highest BCUT2D eigenvalue weighted by molar-refractivity contribution is 5.86. The fourth-order valence-electron chi connectivity index (χ4n) is 1.42. The van der Waals surface area contributed by atoms with Crippen molar-refractivity contribution in [3.05, 3.63) is 36.0 Å². The summed E-state index contributed by atoms with van der Waals surface area (Å²) in [4.78, 5) is 0. The van der Waals surface area contributed by atoms with Crippen LogP contribution in [0.3, 0.4) is 0 Å². The van der Waals surface area contributed by atoms with Crippen LogP contribution in [-0.2, 0) is 0 Å². The van der Waals surface area contributed by atoms with E-state index in [0.717, 1.165) is 16.5 Å². The summed E-state index contributed by atoms with van der Waals surface area (Å²) in [6, 6.07) is 6.03. The lowest BCUT2D eigenvalue weighted by molar-refractivity contribution is 0.303. The number of para-hydroxylation sites is 1. The monoisotopic (exact) mass is 188 g/mol. The number of fused-ring (bicyclic) bond motifs is 1. The van der Waals surface area contributed by atoms with E-state index in [1.807, 2.05) is 30.4 Å². The molecule has 72 valence electrons. The van der Waals surface area contributed by atoms with Crippen molar-refractivity contribution in [2.75, 3.05) is 6.61 Å². The van der Waals surface area contributed by atoms with Crippen LogP contribution in [0, 0.1) is 0 Å². The van der Waals surface area contributed by atoms with Crippen LogP contribution in [0.4, 0.5) is 0 Å². The lowest BCUT2D eigenvalue weighted by Gasteiger charge is -1.94. The molecule has 0 aliphatic rings. The van der Waals surface area contributed by atoms with E-state index in [1.54, 1.807) is 6.20 Å². The Kier molecular flexibility index (Phi) is 2.60. The lowest BCUT2D eigenvalue weighted by atomic mass is 10.1. The third-order valence-electron chi connectivity index (χ3n) is 2.10. The van der Waals surface area contributed by atoms with Gasteiger partial charge in [0.25, 0.3) is 0 Å². The maximum atomic E-state index is 8.65. The number of aromatic amines is 1. The quantitative estimate of drug-likeness (QED) is 0.773. The molecule has 2 aromatic rings. The lowest BCUT2D eigenvalue weighted by Crippen LogP contribution is -1.78. The minimum Gasteiger partial charge on any atom is -0.396 e. The Morgan fingerprint density at radius 2 is 2.36 bits per heavy atom. The third kappa shape index (κ3) is 1.67. The molecule has 0 amide bonds. The Morgan fingerprint density at radius 3 is 3.21 bits per heavy atom. The van der Waals surface area contributed by atoms with E-state index < -0.39 is 0 Å². The van der Waals surface area contributed by atoms with Crippen molar-refractivity contribution in [2.24, 2.45) is 0 Å². The maximum Gasteiger partial charge on any atom is 0.0722 e. The zero-order valence-electron chi connectivity index (χ0n) is 7.77. The Morgan fingerprint density at radius 1 is 1.43 bits per heavy atom. The van der Waals surface area contributed by atoms with Gasteiger partial charge in [-0.05, 0) is 12.0 Å². The molecule has 0 bridgehead atoms. The van der Waals surface area contributed by atoms with E-state index in [0.29, 0.717) is 6.42 Å². The number of hydrogen-bond donors (Lipinski definition) is 2. The number of hydrogen-bond acceptors (Lipinski definition) is 2. The second-order valence-electron chi connectivity index (χ2n) is 3.10. The molecular weight excluding hydrogens is 176 g/mol. The summed E-state index contributed by atoms with van der Waals surface area (Å²) in [6.07, 6.45) is 6.44. The molecular formula is C11H12N2O. The SMILES string of the molecule is OCCC=Cc1cccc2cn[nH]c12. The van der Waals surface area contributed by atoms with E-state index in [4.69, 9.17) is 5.11 Å². The molecule has 1 aromatic carbocycles. The first-order valence-corrected chi connectivity index (χ1v) is 4.61.